The molecule has 1 amide bonds. The number of aromatic nitrogens is 1. The van der Waals surface area contributed by atoms with Gasteiger partial charge in [0.2, 0.25) is 0 Å². The highest BCUT2D eigenvalue weighted by Gasteiger charge is 2.43. The molecule has 0 spiro atoms. The van der Waals surface area contributed by atoms with Gasteiger partial charge in [-0.2, -0.15) is 0 Å². The summed E-state index contributed by atoms with van der Waals surface area (Å²) in [5.74, 6) is -0.128. The molecular formula is C16H23N3O2. The van der Waals surface area contributed by atoms with E-state index in [1.165, 1.54) is 0 Å². The van der Waals surface area contributed by atoms with E-state index in [0.717, 1.165) is 45.2 Å². The molecule has 0 aliphatic carbocycles. The van der Waals surface area contributed by atoms with Crippen LogP contribution in [0.15, 0.2) is 23.1 Å². The van der Waals surface area contributed by atoms with Crippen molar-refractivity contribution in [1.29, 1.82) is 0 Å². The van der Waals surface area contributed by atoms with E-state index in [4.69, 9.17) is 0 Å². The Kier molecular flexibility index (Phi) is 3.85. The molecule has 1 aromatic heterocycles. The Bertz CT molecular complexity index is 583. The second-order valence-corrected chi connectivity index (χ2v) is 6.37. The number of hydrogen-bond acceptors (Lipinski definition) is 3. The molecule has 3 heterocycles. The molecule has 2 aliphatic rings. The Morgan fingerprint density at radius 2 is 2.24 bits per heavy atom. The van der Waals surface area contributed by atoms with Crippen molar-refractivity contribution >= 4 is 5.91 Å². The summed E-state index contributed by atoms with van der Waals surface area (Å²) < 4.78 is 0. The van der Waals surface area contributed by atoms with E-state index in [2.05, 4.69) is 17.2 Å². The predicted octanol–water partition coefficient (Wildman–Crippen LogP) is 1.51. The first kappa shape index (κ1) is 14.3. The molecule has 21 heavy (non-hydrogen) atoms. The summed E-state index contributed by atoms with van der Waals surface area (Å²) in [4.78, 5) is 29.2. The number of rotatable bonds is 1. The van der Waals surface area contributed by atoms with Crippen molar-refractivity contribution in [3.05, 3.63) is 34.2 Å². The van der Waals surface area contributed by atoms with Gasteiger partial charge in [0.1, 0.15) is 5.56 Å². The highest BCUT2D eigenvalue weighted by molar-refractivity contribution is 5.94. The molecule has 0 radical (unpaired) electrons. The second-order valence-electron chi connectivity index (χ2n) is 6.37. The first-order valence-corrected chi connectivity index (χ1v) is 7.85. The number of nitrogens with zero attached hydrogens (tertiary/aromatic N) is 1. The summed E-state index contributed by atoms with van der Waals surface area (Å²) in [5, 5.41) is 3.63. The van der Waals surface area contributed by atoms with Gasteiger partial charge in [-0.15, -0.1) is 0 Å². The Hall–Kier alpha value is -1.62. The molecule has 2 N–H and O–H groups in total. The van der Waals surface area contributed by atoms with Crippen LogP contribution in [-0.2, 0) is 0 Å². The molecule has 2 fully saturated rings. The van der Waals surface area contributed by atoms with Crippen LogP contribution < -0.4 is 10.9 Å². The lowest BCUT2D eigenvalue weighted by atomic mass is 9.81. The normalized spacial score (nSPS) is 29.6. The van der Waals surface area contributed by atoms with E-state index in [-0.39, 0.29) is 28.6 Å². The lowest BCUT2D eigenvalue weighted by molar-refractivity contribution is 0.0378. The molecule has 2 saturated heterocycles. The lowest BCUT2D eigenvalue weighted by Crippen LogP contribution is -2.63. The monoisotopic (exact) mass is 289 g/mol. The largest absolute Gasteiger partial charge is 0.334 e. The quantitative estimate of drug-likeness (QED) is 0.823. The number of carbonyl (C=O) groups excluding carboxylic acids is 1. The Labute approximate surface area is 124 Å². The Morgan fingerprint density at radius 1 is 1.38 bits per heavy atom. The van der Waals surface area contributed by atoms with Crippen molar-refractivity contribution in [3.8, 4) is 0 Å². The number of likely N-dealkylation sites (tertiary alicyclic amines) is 1. The summed E-state index contributed by atoms with van der Waals surface area (Å²) in [6.07, 6.45) is 6.93. The van der Waals surface area contributed by atoms with Crippen molar-refractivity contribution in [3.63, 3.8) is 0 Å². The van der Waals surface area contributed by atoms with E-state index < -0.39 is 0 Å². The van der Waals surface area contributed by atoms with Gasteiger partial charge in [-0.1, -0.05) is 6.42 Å². The van der Waals surface area contributed by atoms with Crippen molar-refractivity contribution in [2.24, 2.45) is 0 Å². The van der Waals surface area contributed by atoms with Crippen molar-refractivity contribution in [2.75, 3.05) is 13.1 Å². The highest BCUT2D eigenvalue weighted by Crippen LogP contribution is 2.33. The third-order valence-corrected chi connectivity index (χ3v) is 4.95. The van der Waals surface area contributed by atoms with E-state index in [9.17, 15) is 9.59 Å². The third kappa shape index (κ3) is 2.62. The van der Waals surface area contributed by atoms with Crippen LogP contribution in [0.3, 0.4) is 0 Å². The fourth-order valence-electron chi connectivity index (χ4n) is 3.79. The molecule has 0 unspecified atom stereocenters. The molecule has 5 nitrogen and oxygen atoms in total. The molecule has 2 aliphatic heterocycles. The molecule has 0 bridgehead atoms. The van der Waals surface area contributed by atoms with Gasteiger partial charge in [0, 0.05) is 24.3 Å². The number of nitrogens with one attached hydrogen (secondary N) is 2. The van der Waals surface area contributed by atoms with E-state index in [0.29, 0.717) is 0 Å². The van der Waals surface area contributed by atoms with Crippen LogP contribution in [0.2, 0.25) is 0 Å². The number of pyridine rings is 1. The molecule has 5 heteroatoms. The van der Waals surface area contributed by atoms with Gasteiger partial charge in [0.15, 0.2) is 0 Å². The number of hydrogen-bond donors (Lipinski definition) is 2. The Balaban J connectivity index is 1.91. The summed E-state index contributed by atoms with van der Waals surface area (Å²) in [6, 6.07) is 3.52. The van der Waals surface area contributed by atoms with E-state index in [1.54, 1.807) is 18.3 Å². The average Bonchev–Trinajstić information content (AvgIpc) is 2.68. The van der Waals surface area contributed by atoms with Crippen LogP contribution in [0.1, 0.15) is 49.4 Å². The molecular weight excluding hydrogens is 266 g/mol. The fourth-order valence-corrected chi connectivity index (χ4v) is 3.79. The number of H-pyrrole nitrogens is 1. The van der Waals surface area contributed by atoms with E-state index in [1.807, 2.05) is 4.90 Å². The van der Waals surface area contributed by atoms with Gasteiger partial charge in [0.05, 0.1) is 0 Å². The van der Waals surface area contributed by atoms with Crippen LogP contribution >= 0.6 is 0 Å². The zero-order valence-corrected chi connectivity index (χ0v) is 12.5. The highest BCUT2D eigenvalue weighted by atomic mass is 16.2. The van der Waals surface area contributed by atoms with Gasteiger partial charge >= 0.3 is 0 Å². The van der Waals surface area contributed by atoms with Crippen molar-refractivity contribution < 1.29 is 4.79 Å². The van der Waals surface area contributed by atoms with Crippen LogP contribution in [0.25, 0.3) is 0 Å². The number of amides is 1. The molecule has 0 saturated carbocycles. The standard InChI is InChI=1S/C16H23N3O2/c1-16-8-5-11-19(13(16)7-2-3-10-18-16)15(21)12-6-4-9-17-14(12)20/h4,6,9,13,18H,2-3,5,7-8,10-11H2,1H3,(H,17,20)/t13-,16-/m0/s1. The fraction of sp³-hybridized carbons (Fsp3) is 0.625. The lowest BCUT2D eigenvalue weighted by Gasteiger charge is -2.48. The molecule has 0 aromatic carbocycles. The maximum absolute atomic E-state index is 12.8. The Morgan fingerprint density at radius 3 is 3.05 bits per heavy atom. The minimum absolute atomic E-state index is 0.0219. The average molecular weight is 289 g/mol. The zero-order valence-electron chi connectivity index (χ0n) is 12.5. The molecule has 114 valence electrons. The second kappa shape index (κ2) is 5.64. The number of fused-ring (bicyclic) bond motifs is 1. The number of carbonyl (C=O) groups is 1. The summed E-state index contributed by atoms with van der Waals surface area (Å²) >= 11 is 0. The van der Waals surface area contributed by atoms with Crippen molar-refractivity contribution in [1.82, 2.24) is 15.2 Å². The summed E-state index contributed by atoms with van der Waals surface area (Å²) in [6.45, 7) is 3.98. The maximum Gasteiger partial charge on any atom is 0.260 e. The van der Waals surface area contributed by atoms with Crippen LogP contribution in [0, 0.1) is 0 Å². The van der Waals surface area contributed by atoms with Crippen molar-refractivity contribution in [2.45, 2.75) is 50.6 Å². The van der Waals surface area contributed by atoms with E-state index >= 15 is 0 Å². The first-order chi connectivity index (χ1) is 10.1. The molecule has 2 atom stereocenters. The van der Waals surface area contributed by atoms with Gasteiger partial charge in [0.25, 0.3) is 11.5 Å². The SMILES string of the molecule is C[C@]12CCCN(C(=O)c3ccc[nH]c3=O)[C@H]1CCCCN2. The minimum atomic E-state index is -0.295. The first-order valence-electron chi connectivity index (χ1n) is 7.85. The third-order valence-electron chi connectivity index (χ3n) is 4.95. The van der Waals surface area contributed by atoms with Crippen LogP contribution in [0.4, 0.5) is 0 Å². The number of aromatic amines is 1. The van der Waals surface area contributed by atoms with Crippen LogP contribution in [0.5, 0.6) is 0 Å². The maximum atomic E-state index is 12.8. The van der Waals surface area contributed by atoms with Gasteiger partial charge in [-0.25, -0.2) is 0 Å². The summed E-state index contributed by atoms with van der Waals surface area (Å²) in [5.41, 5.74) is -0.0614. The predicted molar refractivity (Wildman–Crippen MR) is 81.4 cm³/mol. The smallest absolute Gasteiger partial charge is 0.260 e. The van der Waals surface area contributed by atoms with Gasteiger partial charge < -0.3 is 15.2 Å². The minimum Gasteiger partial charge on any atom is -0.334 e. The topological polar surface area (TPSA) is 65.2 Å². The number of piperidine rings is 1. The van der Waals surface area contributed by atoms with Gasteiger partial charge in [-0.3, -0.25) is 9.59 Å². The van der Waals surface area contributed by atoms with Gasteiger partial charge in [-0.05, 0) is 51.3 Å². The summed E-state index contributed by atoms with van der Waals surface area (Å²) in [7, 11) is 0. The van der Waals surface area contributed by atoms with Crippen LogP contribution in [-0.4, -0.2) is 40.5 Å². The molecule has 3 rings (SSSR count). The molecule has 1 aromatic rings. The zero-order chi connectivity index (χ0) is 14.9.